The van der Waals surface area contributed by atoms with Gasteiger partial charge in [-0.3, -0.25) is 9.78 Å². The molecule has 2 aromatic carbocycles. The van der Waals surface area contributed by atoms with Crippen LogP contribution in [0.15, 0.2) is 59.8 Å². The summed E-state index contributed by atoms with van der Waals surface area (Å²) in [6, 6.07) is 13.5. The highest BCUT2D eigenvalue weighted by atomic mass is 35.5. The Hall–Kier alpha value is -4.42. The molecule has 2 aliphatic rings. The normalized spacial score (nSPS) is 20.0. The van der Waals surface area contributed by atoms with Gasteiger partial charge in [-0.15, -0.1) is 5.10 Å². The van der Waals surface area contributed by atoms with Gasteiger partial charge < -0.3 is 15.2 Å². The molecule has 3 aromatic heterocycles. The summed E-state index contributed by atoms with van der Waals surface area (Å²) < 4.78 is 3.69. The molecule has 0 amide bonds. The minimum atomic E-state index is -0.434. The molecule has 2 bridgehead atoms. The van der Waals surface area contributed by atoms with Crippen LogP contribution in [0.5, 0.6) is 0 Å². The maximum absolute atomic E-state index is 13.1. The number of halogens is 1. The van der Waals surface area contributed by atoms with Crippen LogP contribution in [0, 0.1) is 22.7 Å². The fraction of sp³-hybridized carbons (Fsp3) is 0.400. The van der Waals surface area contributed by atoms with Gasteiger partial charge in [-0.2, -0.15) is 5.26 Å². The maximum Gasteiger partial charge on any atom is 0.258 e. The SMILES string of the molecule is Cn1ccc2c([C@H](Nc3cc(Cl)c4ncc(C#N)c(NCC(C)(C)C)c4c3)c3cn(C45CCC(CC4)C5)nn3)cccc2c1=O. The second-order valence-corrected chi connectivity index (χ2v) is 14.4. The highest BCUT2D eigenvalue weighted by Gasteiger charge is 2.47. The topological polar surface area (TPSA) is 113 Å². The van der Waals surface area contributed by atoms with E-state index in [1.807, 2.05) is 36.4 Å². The van der Waals surface area contributed by atoms with Crippen LogP contribution >= 0.6 is 11.6 Å². The number of nitriles is 1. The Balaban J connectivity index is 1.37. The van der Waals surface area contributed by atoms with Crippen LogP contribution in [0.25, 0.3) is 21.7 Å². The van der Waals surface area contributed by atoms with Crippen LogP contribution in [-0.4, -0.2) is 31.1 Å². The Labute approximate surface area is 267 Å². The van der Waals surface area contributed by atoms with Crippen molar-refractivity contribution < 1.29 is 0 Å². The first-order valence-electron chi connectivity index (χ1n) is 15.6. The quantitative estimate of drug-likeness (QED) is 0.199. The van der Waals surface area contributed by atoms with Crippen molar-refractivity contribution in [3.63, 3.8) is 0 Å². The summed E-state index contributed by atoms with van der Waals surface area (Å²) in [5.41, 5.74) is 4.16. The molecule has 0 unspecified atom stereocenters. The van der Waals surface area contributed by atoms with Crippen LogP contribution in [0.1, 0.15) is 75.7 Å². The number of anilines is 2. The minimum Gasteiger partial charge on any atom is -0.383 e. The molecule has 0 saturated heterocycles. The van der Waals surface area contributed by atoms with E-state index in [9.17, 15) is 10.1 Å². The minimum absolute atomic E-state index is 0.0114. The third-order valence-corrected chi connectivity index (χ3v) is 9.90. The zero-order valence-electron chi connectivity index (χ0n) is 26.1. The number of aryl methyl sites for hydroxylation is 1. The van der Waals surface area contributed by atoms with Gasteiger partial charge in [0.25, 0.3) is 5.56 Å². The van der Waals surface area contributed by atoms with Crippen molar-refractivity contribution >= 4 is 44.7 Å². The van der Waals surface area contributed by atoms with Crippen LogP contribution in [0.4, 0.5) is 11.4 Å². The van der Waals surface area contributed by atoms with Crippen molar-refractivity contribution in [3.8, 4) is 6.07 Å². The van der Waals surface area contributed by atoms with Crippen LogP contribution in [0.3, 0.4) is 0 Å². The fourth-order valence-electron chi connectivity index (χ4n) is 7.22. The summed E-state index contributed by atoms with van der Waals surface area (Å²) in [6.07, 6.45) is 11.3. The zero-order valence-corrected chi connectivity index (χ0v) is 26.8. The third-order valence-electron chi connectivity index (χ3n) is 9.62. The second kappa shape index (κ2) is 10.9. The lowest BCUT2D eigenvalue weighted by atomic mass is 9.93. The van der Waals surface area contributed by atoms with E-state index < -0.39 is 6.04 Å². The van der Waals surface area contributed by atoms with E-state index in [-0.39, 0.29) is 16.5 Å². The van der Waals surface area contributed by atoms with Crippen molar-refractivity contribution in [2.75, 3.05) is 17.2 Å². The summed E-state index contributed by atoms with van der Waals surface area (Å²) >= 11 is 6.87. The molecule has 45 heavy (non-hydrogen) atoms. The lowest BCUT2D eigenvalue weighted by molar-refractivity contribution is 0.257. The van der Waals surface area contributed by atoms with Crippen LogP contribution < -0.4 is 16.2 Å². The summed E-state index contributed by atoms with van der Waals surface area (Å²) in [5.74, 6) is 0.772. The summed E-state index contributed by atoms with van der Waals surface area (Å²) in [7, 11) is 1.76. The van der Waals surface area contributed by atoms with Gasteiger partial charge in [0, 0.05) is 42.4 Å². The zero-order chi connectivity index (χ0) is 31.5. The first-order chi connectivity index (χ1) is 21.5. The van der Waals surface area contributed by atoms with Crippen molar-refractivity contribution in [1.29, 1.82) is 5.26 Å². The molecule has 2 N–H and O–H groups in total. The number of rotatable bonds is 7. The average Bonchev–Trinajstić information content (AvgIpc) is 3.78. The molecular weight excluding hydrogens is 584 g/mol. The first kappa shape index (κ1) is 29.3. The lowest BCUT2D eigenvalue weighted by Crippen LogP contribution is -2.29. The smallest absolute Gasteiger partial charge is 0.258 e. The number of pyridine rings is 2. The third kappa shape index (κ3) is 5.21. The molecule has 2 fully saturated rings. The Bertz CT molecular complexity index is 2040. The van der Waals surface area contributed by atoms with Crippen LogP contribution in [-0.2, 0) is 12.6 Å². The second-order valence-electron chi connectivity index (χ2n) is 14.0. The van der Waals surface area contributed by atoms with Crippen molar-refractivity contribution in [2.45, 2.75) is 64.5 Å². The monoisotopic (exact) mass is 620 g/mol. The predicted molar refractivity (Wildman–Crippen MR) is 179 cm³/mol. The highest BCUT2D eigenvalue weighted by molar-refractivity contribution is 6.35. The number of nitrogens with one attached hydrogen (secondary N) is 2. The molecule has 3 heterocycles. The maximum atomic E-state index is 13.1. The average molecular weight is 621 g/mol. The number of nitrogens with zero attached hydrogens (tertiary/aromatic N) is 6. The van der Waals surface area contributed by atoms with Crippen LogP contribution in [0.2, 0.25) is 5.02 Å². The van der Waals surface area contributed by atoms with E-state index in [1.54, 1.807) is 24.0 Å². The van der Waals surface area contributed by atoms with Gasteiger partial charge in [0.15, 0.2) is 0 Å². The molecule has 2 aliphatic carbocycles. The molecule has 0 radical (unpaired) electrons. The number of hydrogen-bond acceptors (Lipinski definition) is 7. The van der Waals surface area contributed by atoms with E-state index in [0.717, 1.165) is 52.9 Å². The van der Waals surface area contributed by atoms with Gasteiger partial charge in [-0.05, 0) is 78.7 Å². The van der Waals surface area contributed by atoms with E-state index in [1.165, 1.54) is 12.8 Å². The Morgan fingerprint density at radius 1 is 1.16 bits per heavy atom. The summed E-state index contributed by atoms with van der Waals surface area (Å²) in [6.45, 7) is 7.08. The Kier molecular flexibility index (Phi) is 7.08. The number of aromatic nitrogens is 5. The van der Waals surface area contributed by atoms with Gasteiger partial charge >= 0.3 is 0 Å². The molecule has 0 spiro atoms. The standard InChI is InChI=1S/C35H37ClN8O/c1-34(2,3)20-39-30-22(17-37)18-38-31-27(30)14-23(15-28(31)36)40-32(25-6-5-7-26-24(25)10-13-43(4)33(26)45)29-19-44(42-41-29)35-11-8-21(16-35)9-12-35/h5-7,10,13-15,18-19,21,32,40H,8-9,11-12,16,20H2,1-4H3,(H,38,39)/t21?,32-,35?/m0/s1. The molecule has 230 valence electrons. The van der Waals surface area contributed by atoms with Crippen molar-refractivity contribution in [3.05, 3.63) is 87.2 Å². The Morgan fingerprint density at radius 3 is 2.67 bits per heavy atom. The summed E-state index contributed by atoms with van der Waals surface area (Å²) in [5, 5.41) is 29.3. The van der Waals surface area contributed by atoms with Gasteiger partial charge in [-0.25, -0.2) is 4.68 Å². The molecule has 7 rings (SSSR count). The Morgan fingerprint density at radius 2 is 1.96 bits per heavy atom. The number of fused-ring (bicyclic) bond motifs is 4. The van der Waals surface area contributed by atoms with E-state index in [0.29, 0.717) is 33.7 Å². The molecule has 0 aliphatic heterocycles. The van der Waals surface area contributed by atoms with E-state index >= 15 is 0 Å². The lowest BCUT2D eigenvalue weighted by Gasteiger charge is -2.26. The highest BCUT2D eigenvalue weighted by Crippen LogP contribution is 2.52. The van der Waals surface area contributed by atoms with Crippen molar-refractivity contribution in [2.24, 2.45) is 18.4 Å². The van der Waals surface area contributed by atoms with E-state index in [2.05, 4.69) is 53.3 Å². The first-order valence-corrected chi connectivity index (χ1v) is 16.0. The molecule has 2 saturated carbocycles. The van der Waals surface area contributed by atoms with Gasteiger partial charge in [0.1, 0.15) is 11.8 Å². The van der Waals surface area contributed by atoms with Gasteiger partial charge in [0.2, 0.25) is 0 Å². The molecule has 9 nitrogen and oxygen atoms in total. The van der Waals surface area contributed by atoms with Gasteiger partial charge in [-0.1, -0.05) is 49.7 Å². The molecule has 1 atom stereocenters. The summed E-state index contributed by atoms with van der Waals surface area (Å²) in [4.78, 5) is 17.7. The van der Waals surface area contributed by atoms with Crippen molar-refractivity contribution in [1.82, 2.24) is 24.5 Å². The predicted octanol–water partition coefficient (Wildman–Crippen LogP) is 7.15. The molecular formula is C35H37ClN8O. The molecule has 5 aromatic rings. The van der Waals surface area contributed by atoms with Gasteiger partial charge in [0.05, 0.1) is 39.6 Å². The van der Waals surface area contributed by atoms with E-state index in [4.69, 9.17) is 21.9 Å². The number of benzene rings is 2. The largest absolute Gasteiger partial charge is 0.383 e. The number of hydrogen-bond donors (Lipinski definition) is 2. The fourth-order valence-corrected chi connectivity index (χ4v) is 7.49. The molecule has 10 heteroatoms.